The number of hydrogen-bond acceptors (Lipinski definition) is 3. The van der Waals surface area contributed by atoms with Gasteiger partial charge in [0.1, 0.15) is 5.75 Å². The molecule has 1 aromatic rings. The maximum absolute atomic E-state index is 9.94. The highest BCUT2D eigenvalue weighted by molar-refractivity contribution is 5.46. The van der Waals surface area contributed by atoms with E-state index in [4.69, 9.17) is 5.21 Å². The van der Waals surface area contributed by atoms with E-state index in [9.17, 15) is 5.11 Å². The van der Waals surface area contributed by atoms with Gasteiger partial charge in [-0.25, -0.2) is 5.48 Å². The van der Waals surface area contributed by atoms with Crippen LogP contribution in [0.5, 0.6) is 5.75 Å². The van der Waals surface area contributed by atoms with E-state index in [1.165, 1.54) is 0 Å². The lowest BCUT2D eigenvalue weighted by atomic mass is 9.84. The average molecular weight is 209 g/mol. The Morgan fingerprint density at radius 3 is 2.33 bits per heavy atom. The van der Waals surface area contributed by atoms with Crippen LogP contribution in [0.1, 0.15) is 37.5 Å². The Bertz CT molecular complexity index is 353. The van der Waals surface area contributed by atoms with E-state index < -0.39 is 0 Å². The molecule has 1 rings (SSSR count). The monoisotopic (exact) mass is 209 g/mol. The molecule has 0 aliphatic carbocycles. The largest absolute Gasteiger partial charge is 0.507 e. The third-order valence-electron chi connectivity index (χ3n) is 2.45. The van der Waals surface area contributed by atoms with Gasteiger partial charge in [0, 0.05) is 6.54 Å². The second-order valence-corrected chi connectivity index (χ2v) is 4.89. The second-order valence-electron chi connectivity index (χ2n) is 4.89. The van der Waals surface area contributed by atoms with E-state index >= 15 is 0 Å². The SMILES string of the molecule is Cc1cc(CNO)cc(C(C)(C)C)c1O. The summed E-state index contributed by atoms with van der Waals surface area (Å²) in [6.45, 7) is 8.42. The van der Waals surface area contributed by atoms with Crippen molar-refractivity contribution in [1.29, 1.82) is 0 Å². The molecule has 15 heavy (non-hydrogen) atoms. The van der Waals surface area contributed by atoms with Crippen LogP contribution in [0, 0.1) is 6.92 Å². The molecule has 84 valence electrons. The first-order valence-electron chi connectivity index (χ1n) is 5.06. The summed E-state index contributed by atoms with van der Waals surface area (Å²) < 4.78 is 0. The summed E-state index contributed by atoms with van der Waals surface area (Å²) in [5, 5.41) is 18.6. The topological polar surface area (TPSA) is 52.5 Å². The molecule has 0 saturated carbocycles. The van der Waals surface area contributed by atoms with Crippen molar-refractivity contribution < 1.29 is 10.3 Å². The van der Waals surface area contributed by atoms with Crippen LogP contribution in [0.25, 0.3) is 0 Å². The second kappa shape index (κ2) is 4.21. The Labute approximate surface area is 90.7 Å². The van der Waals surface area contributed by atoms with Gasteiger partial charge in [0.05, 0.1) is 0 Å². The molecule has 3 nitrogen and oxygen atoms in total. The fourth-order valence-electron chi connectivity index (χ4n) is 1.62. The van der Waals surface area contributed by atoms with E-state index in [0.717, 1.165) is 16.7 Å². The van der Waals surface area contributed by atoms with Gasteiger partial charge in [0.2, 0.25) is 0 Å². The lowest BCUT2D eigenvalue weighted by Gasteiger charge is -2.22. The quantitative estimate of drug-likeness (QED) is 0.656. The van der Waals surface area contributed by atoms with Crippen LogP contribution >= 0.6 is 0 Å². The van der Waals surface area contributed by atoms with Gasteiger partial charge in [-0.1, -0.05) is 32.9 Å². The van der Waals surface area contributed by atoms with Crippen molar-refractivity contribution in [3.8, 4) is 5.75 Å². The first-order chi connectivity index (χ1) is 6.86. The van der Waals surface area contributed by atoms with E-state index in [0.29, 0.717) is 12.3 Å². The van der Waals surface area contributed by atoms with Crippen LogP contribution in [0.15, 0.2) is 12.1 Å². The molecule has 3 heteroatoms. The molecule has 0 unspecified atom stereocenters. The molecule has 0 fully saturated rings. The number of phenols is 1. The zero-order chi connectivity index (χ0) is 11.6. The predicted octanol–water partition coefficient (Wildman–Crippen LogP) is 2.48. The standard InChI is InChI=1S/C12H19NO2/c1-8-5-9(7-13-15)6-10(11(8)14)12(2,3)4/h5-6,13-15H,7H2,1-4H3. The molecule has 0 atom stereocenters. The van der Waals surface area contributed by atoms with Crippen LogP contribution in [-0.4, -0.2) is 10.3 Å². The summed E-state index contributed by atoms with van der Waals surface area (Å²) in [6, 6.07) is 3.79. The Hall–Kier alpha value is -1.06. The van der Waals surface area contributed by atoms with Crippen molar-refractivity contribution in [1.82, 2.24) is 5.48 Å². The normalized spacial score (nSPS) is 11.8. The number of hydroxylamine groups is 1. The molecule has 0 aromatic heterocycles. The van der Waals surface area contributed by atoms with Gasteiger partial charge < -0.3 is 10.3 Å². The summed E-state index contributed by atoms with van der Waals surface area (Å²) in [4.78, 5) is 0. The van der Waals surface area contributed by atoms with Crippen molar-refractivity contribution >= 4 is 0 Å². The maximum atomic E-state index is 9.94. The molecule has 0 saturated heterocycles. The van der Waals surface area contributed by atoms with E-state index in [1.54, 1.807) is 0 Å². The summed E-state index contributed by atoms with van der Waals surface area (Å²) in [5.74, 6) is 0.351. The number of aromatic hydroxyl groups is 1. The van der Waals surface area contributed by atoms with Gasteiger partial charge in [-0.05, 0) is 29.0 Å². The van der Waals surface area contributed by atoms with Crippen molar-refractivity contribution in [3.05, 3.63) is 28.8 Å². The number of rotatable bonds is 2. The number of hydrogen-bond donors (Lipinski definition) is 3. The Balaban J connectivity index is 3.25. The molecule has 0 amide bonds. The molecule has 0 aliphatic rings. The van der Waals surface area contributed by atoms with Crippen molar-refractivity contribution in [3.63, 3.8) is 0 Å². The van der Waals surface area contributed by atoms with Crippen LogP contribution in [-0.2, 0) is 12.0 Å². The first-order valence-corrected chi connectivity index (χ1v) is 5.06. The molecule has 0 radical (unpaired) electrons. The van der Waals surface area contributed by atoms with Gasteiger partial charge in [-0.15, -0.1) is 0 Å². The summed E-state index contributed by atoms with van der Waals surface area (Å²) in [7, 11) is 0. The average Bonchev–Trinajstić information content (AvgIpc) is 2.09. The minimum Gasteiger partial charge on any atom is -0.507 e. The van der Waals surface area contributed by atoms with Crippen LogP contribution in [0.4, 0.5) is 0 Å². The predicted molar refractivity (Wildman–Crippen MR) is 60.2 cm³/mol. The Morgan fingerprint density at radius 1 is 1.27 bits per heavy atom. The van der Waals surface area contributed by atoms with Crippen molar-refractivity contribution in [2.45, 2.75) is 39.7 Å². The molecule has 0 aliphatic heterocycles. The molecule has 0 bridgehead atoms. The van der Waals surface area contributed by atoms with Crippen LogP contribution in [0.3, 0.4) is 0 Å². The number of phenolic OH excluding ortho intramolecular Hbond substituents is 1. The smallest absolute Gasteiger partial charge is 0.122 e. The highest BCUT2D eigenvalue weighted by Gasteiger charge is 2.19. The highest BCUT2D eigenvalue weighted by atomic mass is 16.5. The summed E-state index contributed by atoms with van der Waals surface area (Å²) >= 11 is 0. The molecule has 3 N–H and O–H groups in total. The zero-order valence-corrected chi connectivity index (χ0v) is 9.76. The molecular weight excluding hydrogens is 190 g/mol. The summed E-state index contributed by atoms with van der Waals surface area (Å²) in [6.07, 6.45) is 0. The first kappa shape index (κ1) is 12.0. The maximum Gasteiger partial charge on any atom is 0.122 e. The fraction of sp³-hybridized carbons (Fsp3) is 0.500. The van der Waals surface area contributed by atoms with E-state index in [1.807, 2.05) is 19.1 Å². The Morgan fingerprint density at radius 2 is 1.87 bits per heavy atom. The number of nitrogens with one attached hydrogen (secondary N) is 1. The molecular formula is C12H19NO2. The molecule has 0 heterocycles. The number of aryl methyl sites for hydroxylation is 1. The van der Waals surface area contributed by atoms with Gasteiger partial charge in [0.15, 0.2) is 0 Å². The highest BCUT2D eigenvalue weighted by Crippen LogP contribution is 2.33. The van der Waals surface area contributed by atoms with Crippen molar-refractivity contribution in [2.75, 3.05) is 0 Å². The lowest BCUT2D eigenvalue weighted by molar-refractivity contribution is 0.161. The van der Waals surface area contributed by atoms with Crippen LogP contribution in [0.2, 0.25) is 0 Å². The van der Waals surface area contributed by atoms with E-state index in [2.05, 4.69) is 26.3 Å². The van der Waals surface area contributed by atoms with Gasteiger partial charge in [0.25, 0.3) is 0 Å². The molecule has 1 aromatic carbocycles. The van der Waals surface area contributed by atoms with E-state index in [-0.39, 0.29) is 5.41 Å². The number of benzene rings is 1. The third kappa shape index (κ3) is 2.70. The molecule has 0 spiro atoms. The van der Waals surface area contributed by atoms with Gasteiger partial charge in [-0.3, -0.25) is 0 Å². The zero-order valence-electron chi connectivity index (χ0n) is 9.76. The minimum atomic E-state index is -0.0969. The Kier molecular flexibility index (Phi) is 3.37. The fourth-order valence-corrected chi connectivity index (χ4v) is 1.62. The van der Waals surface area contributed by atoms with Crippen molar-refractivity contribution in [2.24, 2.45) is 0 Å². The lowest BCUT2D eigenvalue weighted by Crippen LogP contribution is -2.14. The third-order valence-corrected chi connectivity index (χ3v) is 2.45. The van der Waals surface area contributed by atoms with Gasteiger partial charge >= 0.3 is 0 Å². The minimum absolute atomic E-state index is 0.0969. The van der Waals surface area contributed by atoms with Crippen LogP contribution < -0.4 is 5.48 Å². The van der Waals surface area contributed by atoms with Gasteiger partial charge in [-0.2, -0.15) is 0 Å². The summed E-state index contributed by atoms with van der Waals surface area (Å²) in [5.41, 5.74) is 4.75.